The normalized spacial score (nSPS) is 11.2. The zero-order valence-electron chi connectivity index (χ0n) is 11.2. The van der Waals surface area contributed by atoms with E-state index in [2.05, 4.69) is 15.1 Å². The number of nitrogens with one attached hydrogen (secondary N) is 2. The van der Waals surface area contributed by atoms with Gasteiger partial charge in [-0.15, -0.1) is 11.8 Å². The lowest BCUT2D eigenvalue weighted by molar-refractivity contribution is 0.627. The molecule has 6 nitrogen and oxygen atoms in total. The minimum atomic E-state index is -0.669. The highest BCUT2D eigenvalue weighted by atomic mass is 32.2. The van der Waals surface area contributed by atoms with E-state index in [-0.39, 0.29) is 5.65 Å². The zero-order chi connectivity index (χ0) is 15.1. The third kappa shape index (κ3) is 2.17. The summed E-state index contributed by atoms with van der Waals surface area (Å²) in [6.45, 7) is 1.87. The van der Waals surface area contributed by atoms with Gasteiger partial charge in [0.1, 0.15) is 5.82 Å². The molecule has 0 saturated carbocycles. The van der Waals surface area contributed by atoms with Crippen LogP contribution in [0.3, 0.4) is 0 Å². The van der Waals surface area contributed by atoms with Crippen LogP contribution in [-0.4, -0.2) is 25.8 Å². The monoisotopic (exact) mass is 306 g/mol. The second kappa shape index (κ2) is 4.88. The van der Waals surface area contributed by atoms with Crippen LogP contribution in [0.2, 0.25) is 0 Å². The van der Waals surface area contributed by atoms with Gasteiger partial charge >= 0.3 is 11.4 Å². The molecule has 0 amide bonds. The fraction of sp³-hybridized carbons (Fsp3) is 0.154. The lowest BCUT2D eigenvalue weighted by atomic mass is 10.1. The van der Waals surface area contributed by atoms with Gasteiger partial charge in [0, 0.05) is 16.0 Å². The topological polar surface area (TPSA) is 83.0 Å². The van der Waals surface area contributed by atoms with Crippen LogP contribution in [0.15, 0.2) is 32.8 Å². The van der Waals surface area contributed by atoms with Gasteiger partial charge in [-0.25, -0.2) is 14.0 Å². The van der Waals surface area contributed by atoms with Crippen molar-refractivity contribution in [3.63, 3.8) is 0 Å². The molecule has 0 atom stereocenters. The summed E-state index contributed by atoms with van der Waals surface area (Å²) in [5, 5.41) is 3.88. The number of aromatic nitrogens is 4. The number of hydrogen-bond donors (Lipinski definition) is 2. The van der Waals surface area contributed by atoms with Crippen molar-refractivity contribution in [2.24, 2.45) is 0 Å². The molecule has 108 valence electrons. The maximum absolute atomic E-state index is 14.3. The van der Waals surface area contributed by atoms with Crippen molar-refractivity contribution in [3.8, 4) is 11.1 Å². The summed E-state index contributed by atoms with van der Waals surface area (Å²) in [5.41, 5.74) is 0.405. The Hall–Kier alpha value is -2.35. The predicted molar refractivity (Wildman–Crippen MR) is 78.3 cm³/mol. The Morgan fingerprint density at radius 3 is 2.71 bits per heavy atom. The molecule has 0 unspecified atom stereocenters. The first-order chi connectivity index (χ1) is 10.0. The number of aromatic amines is 2. The van der Waals surface area contributed by atoms with Gasteiger partial charge in [-0.05, 0) is 30.9 Å². The average Bonchev–Trinajstić information content (AvgIpc) is 2.84. The molecular formula is C13H11FN4O2S. The lowest BCUT2D eigenvalue weighted by Gasteiger charge is -2.07. The van der Waals surface area contributed by atoms with E-state index in [0.29, 0.717) is 11.1 Å². The Balaban J connectivity index is 2.34. The number of benzene rings is 1. The lowest BCUT2D eigenvalue weighted by Crippen LogP contribution is -2.28. The molecule has 3 rings (SSSR count). The number of aryl methyl sites for hydroxylation is 1. The molecule has 8 heteroatoms. The summed E-state index contributed by atoms with van der Waals surface area (Å²) in [4.78, 5) is 28.4. The van der Waals surface area contributed by atoms with Crippen molar-refractivity contribution in [1.29, 1.82) is 0 Å². The number of hydrogen-bond acceptors (Lipinski definition) is 4. The van der Waals surface area contributed by atoms with Crippen LogP contribution in [0, 0.1) is 12.7 Å². The van der Waals surface area contributed by atoms with Crippen molar-refractivity contribution in [2.45, 2.75) is 11.8 Å². The van der Waals surface area contributed by atoms with E-state index in [1.807, 2.05) is 13.2 Å². The van der Waals surface area contributed by atoms with E-state index in [1.165, 1.54) is 24.0 Å². The molecule has 0 aliphatic heterocycles. The van der Waals surface area contributed by atoms with Crippen molar-refractivity contribution in [1.82, 2.24) is 19.6 Å². The van der Waals surface area contributed by atoms with Gasteiger partial charge in [0.25, 0.3) is 0 Å². The van der Waals surface area contributed by atoms with Gasteiger partial charge in [0.15, 0.2) is 5.65 Å². The highest BCUT2D eigenvalue weighted by molar-refractivity contribution is 7.98. The van der Waals surface area contributed by atoms with Crippen LogP contribution in [0.4, 0.5) is 4.39 Å². The number of rotatable bonds is 2. The Bertz CT molecular complexity index is 957. The summed E-state index contributed by atoms with van der Waals surface area (Å²) in [7, 11) is 0. The molecule has 2 aromatic heterocycles. The number of halogens is 1. The van der Waals surface area contributed by atoms with Gasteiger partial charge in [0.2, 0.25) is 0 Å². The summed E-state index contributed by atoms with van der Waals surface area (Å²) >= 11 is 1.45. The second-order valence-corrected chi connectivity index (χ2v) is 5.35. The van der Waals surface area contributed by atoms with Crippen LogP contribution in [-0.2, 0) is 0 Å². The fourth-order valence-corrected chi connectivity index (χ4v) is 2.80. The Morgan fingerprint density at radius 2 is 2.00 bits per heavy atom. The van der Waals surface area contributed by atoms with Gasteiger partial charge in [-0.1, -0.05) is 0 Å². The first-order valence-corrected chi connectivity index (χ1v) is 7.28. The SMILES string of the molecule is CSc1cc(F)c(-c2cnn3c(=O)[nH]c(=O)[nH]c23)cc1C. The standard InChI is InChI=1S/C13H11FN4O2S/c1-6-3-7(9(14)4-10(6)21-2)8-5-15-18-11(8)16-12(19)17-13(18)20/h3-5H,1-2H3,(H2,16,17,19,20). The fourth-order valence-electron chi connectivity index (χ4n) is 2.20. The van der Waals surface area contributed by atoms with Crippen molar-refractivity contribution in [2.75, 3.05) is 6.26 Å². The van der Waals surface area contributed by atoms with E-state index in [1.54, 1.807) is 6.07 Å². The molecule has 0 bridgehead atoms. The van der Waals surface area contributed by atoms with Crippen molar-refractivity contribution >= 4 is 17.4 Å². The molecule has 0 radical (unpaired) electrons. The Morgan fingerprint density at radius 1 is 1.24 bits per heavy atom. The first kappa shape index (κ1) is 13.6. The number of H-pyrrole nitrogens is 2. The summed E-state index contributed by atoms with van der Waals surface area (Å²) in [6.07, 6.45) is 3.23. The van der Waals surface area contributed by atoms with Crippen molar-refractivity contribution < 1.29 is 4.39 Å². The van der Waals surface area contributed by atoms with E-state index >= 15 is 0 Å². The molecule has 1 aromatic carbocycles. The smallest absolute Gasteiger partial charge is 0.291 e. The van der Waals surface area contributed by atoms with Gasteiger partial charge < -0.3 is 0 Å². The van der Waals surface area contributed by atoms with Gasteiger partial charge in [0.05, 0.1) is 6.20 Å². The third-order valence-corrected chi connectivity index (χ3v) is 4.07. The minimum Gasteiger partial charge on any atom is -0.291 e. The van der Waals surface area contributed by atoms with Gasteiger partial charge in [-0.2, -0.15) is 9.61 Å². The van der Waals surface area contributed by atoms with Gasteiger partial charge in [-0.3, -0.25) is 9.97 Å². The molecule has 2 heterocycles. The van der Waals surface area contributed by atoms with Crippen molar-refractivity contribution in [3.05, 3.63) is 50.7 Å². The molecular weight excluding hydrogens is 295 g/mol. The van der Waals surface area contributed by atoms with E-state index in [0.717, 1.165) is 15.0 Å². The number of thioether (sulfide) groups is 1. The highest BCUT2D eigenvalue weighted by Crippen LogP contribution is 2.30. The second-order valence-electron chi connectivity index (χ2n) is 4.50. The summed E-state index contributed by atoms with van der Waals surface area (Å²) in [6, 6.07) is 3.11. The maximum Gasteiger partial charge on any atom is 0.352 e. The molecule has 2 N–H and O–H groups in total. The zero-order valence-corrected chi connectivity index (χ0v) is 12.0. The van der Waals surface area contributed by atoms with Crippen LogP contribution >= 0.6 is 11.8 Å². The summed E-state index contributed by atoms with van der Waals surface area (Å²) in [5.74, 6) is -0.430. The molecule has 0 aliphatic rings. The van der Waals surface area contributed by atoms with E-state index in [4.69, 9.17) is 0 Å². The van der Waals surface area contributed by atoms with Crippen LogP contribution in [0.5, 0.6) is 0 Å². The highest BCUT2D eigenvalue weighted by Gasteiger charge is 2.15. The Labute approximate surface area is 122 Å². The van der Waals surface area contributed by atoms with Crippen LogP contribution in [0.1, 0.15) is 5.56 Å². The predicted octanol–water partition coefficient (Wildman–Crippen LogP) is 1.55. The molecule has 0 spiro atoms. The van der Waals surface area contributed by atoms with Crippen LogP contribution < -0.4 is 11.4 Å². The third-order valence-electron chi connectivity index (χ3n) is 3.19. The minimum absolute atomic E-state index is 0.166. The molecule has 3 aromatic rings. The number of nitrogens with zero attached hydrogens (tertiary/aromatic N) is 2. The molecule has 0 aliphatic carbocycles. The largest absolute Gasteiger partial charge is 0.352 e. The molecule has 21 heavy (non-hydrogen) atoms. The molecule has 0 saturated heterocycles. The van der Waals surface area contributed by atoms with Crippen LogP contribution in [0.25, 0.3) is 16.8 Å². The first-order valence-electron chi connectivity index (χ1n) is 6.06. The van der Waals surface area contributed by atoms with E-state index in [9.17, 15) is 14.0 Å². The summed E-state index contributed by atoms with van der Waals surface area (Å²) < 4.78 is 15.3. The average molecular weight is 306 g/mol. The maximum atomic E-state index is 14.3. The number of fused-ring (bicyclic) bond motifs is 1. The molecule has 0 fully saturated rings. The van der Waals surface area contributed by atoms with E-state index < -0.39 is 17.2 Å². The quantitative estimate of drug-likeness (QED) is 0.704. The Kier molecular flexibility index (Phi) is 3.17.